The second kappa shape index (κ2) is 13.4. The Morgan fingerprint density at radius 3 is 2.36 bits per heavy atom. The van der Waals surface area contributed by atoms with Crippen LogP contribution in [-0.2, 0) is 16.1 Å². The van der Waals surface area contributed by atoms with Crippen molar-refractivity contribution >= 4 is 34.6 Å². The number of morpholine rings is 1. The van der Waals surface area contributed by atoms with Gasteiger partial charge in [0.15, 0.2) is 5.65 Å². The minimum Gasteiger partial charge on any atom is -0.465 e. The van der Waals surface area contributed by atoms with Gasteiger partial charge in [-0.25, -0.2) is 9.78 Å². The number of likely N-dealkylation sites (tertiary alicyclic amines) is 1. The van der Waals surface area contributed by atoms with Crippen LogP contribution in [0.4, 0.5) is 18.0 Å². The van der Waals surface area contributed by atoms with Gasteiger partial charge in [-0.3, -0.25) is 23.6 Å². The Hall–Kier alpha value is -4.40. The van der Waals surface area contributed by atoms with Gasteiger partial charge in [0.05, 0.1) is 48.2 Å². The van der Waals surface area contributed by atoms with E-state index in [1.807, 2.05) is 13.8 Å². The predicted molar refractivity (Wildman–Crippen MR) is 178 cm³/mol. The Balaban J connectivity index is 1.15. The molecule has 0 bridgehead atoms. The van der Waals surface area contributed by atoms with Crippen LogP contribution in [0, 0.1) is 0 Å². The maximum Gasteiger partial charge on any atom is 0.407 e. The number of carbonyl (C=O) groups is 2. The monoisotopic (exact) mass is 715 g/mol. The molecule has 2 amide bonds. The number of ether oxygens (including phenoxy) is 1. The second-order valence-electron chi connectivity index (χ2n) is 13.6. The summed E-state index contributed by atoms with van der Waals surface area (Å²) in [6.07, 6.45) is -4.96. The van der Waals surface area contributed by atoms with Gasteiger partial charge in [-0.2, -0.15) is 13.2 Å². The van der Waals surface area contributed by atoms with E-state index in [0.717, 1.165) is 5.56 Å². The molecule has 0 saturated carbocycles. The van der Waals surface area contributed by atoms with Crippen LogP contribution < -0.4 is 5.56 Å². The first-order chi connectivity index (χ1) is 23.6. The zero-order valence-corrected chi connectivity index (χ0v) is 28.2. The van der Waals surface area contributed by atoms with Crippen LogP contribution >= 0.6 is 11.6 Å². The predicted octanol–water partition coefficient (Wildman–Crippen LogP) is 5.76. The number of nitrogens with zero attached hydrogens (tertiary/aromatic N) is 5. The van der Waals surface area contributed by atoms with Crippen molar-refractivity contribution in [3.63, 3.8) is 0 Å². The molecule has 50 heavy (non-hydrogen) atoms. The first-order valence-corrected chi connectivity index (χ1v) is 16.6. The minimum absolute atomic E-state index is 0.0147. The van der Waals surface area contributed by atoms with Crippen molar-refractivity contribution in [2.75, 3.05) is 26.2 Å². The highest BCUT2D eigenvalue weighted by Crippen LogP contribution is 2.38. The van der Waals surface area contributed by atoms with Crippen LogP contribution in [0.25, 0.3) is 16.7 Å². The van der Waals surface area contributed by atoms with Crippen LogP contribution in [0.15, 0.2) is 71.8 Å². The molecule has 6 rings (SSSR count). The number of alkyl halides is 3. The third-order valence-electron chi connectivity index (χ3n) is 9.57. The molecular weight excluding hydrogens is 679 g/mol. The van der Waals surface area contributed by atoms with Gasteiger partial charge >= 0.3 is 12.3 Å². The van der Waals surface area contributed by atoms with E-state index < -0.39 is 53.3 Å². The molecule has 2 atom stereocenters. The van der Waals surface area contributed by atoms with Gasteiger partial charge in [0.1, 0.15) is 11.5 Å². The van der Waals surface area contributed by atoms with Crippen LogP contribution in [0.5, 0.6) is 0 Å². The lowest BCUT2D eigenvalue weighted by Crippen LogP contribution is -2.51. The molecule has 4 aromatic rings. The third-order valence-corrected chi connectivity index (χ3v) is 9.85. The Morgan fingerprint density at radius 2 is 1.74 bits per heavy atom. The van der Waals surface area contributed by atoms with Gasteiger partial charge in [-0.05, 0) is 56.0 Å². The fourth-order valence-electron chi connectivity index (χ4n) is 6.79. The van der Waals surface area contributed by atoms with Crippen molar-refractivity contribution in [1.29, 1.82) is 0 Å². The molecule has 1 unspecified atom stereocenters. The summed E-state index contributed by atoms with van der Waals surface area (Å²) >= 11 is 6.59. The number of hydrogen-bond acceptors (Lipinski definition) is 6. The molecule has 0 radical (unpaired) electrons. The molecule has 2 aliphatic heterocycles. The van der Waals surface area contributed by atoms with Crippen molar-refractivity contribution in [2.24, 2.45) is 0 Å². The highest BCUT2D eigenvalue weighted by atomic mass is 35.5. The summed E-state index contributed by atoms with van der Waals surface area (Å²) in [5.41, 5.74) is -0.842. The van der Waals surface area contributed by atoms with E-state index in [4.69, 9.17) is 16.3 Å². The van der Waals surface area contributed by atoms with Gasteiger partial charge < -0.3 is 19.8 Å². The number of piperidine rings is 1. The van der Waals surface area contributed by atoms with Gasteiger partial charge in [-0.1, -0.05) is 54.1 Å². The van der Waals surface area contributed by atoms with Crippen molar-refractivity contribution in [3.05, 3.63) is 93.6 Å². The average molecular weight is 716 g/mol. The topological polar surface area (TPSA) is 130 Å². The van der Waals surface area contributed by atoms with E-state index in [1.165, 1.54) is 51.0 Å². The molecule has 2 fully saturated rings. The fraction of sp³-hybridized carbons (Fsp3) is 0.429. The summed E-state index contributed by atoms with van der Waals surface area (Å²) in [7, 11) is 0. The molecule has 2 saturated heterocycles. The standard InChI is InChI=1S/C35H37ClF3N5O6/c1-33(2)19-43(32(47)48)27(18-50-33)23-8-10-24(11-9-23)44-28(36)16-25-30(44)40-21-42(31(25)46)20-34(49)12-14-41(15-13-34)29(45)17-26(35(37,38)39)22-6-4-3-5-7-22/h3-11,16,21,26-27,49H,12-15,17-20H2,1-2H3,(H,47,48)/t26?,27-/m0/s1. The van der Waals surface area contributed by atoms with Crippen LogP contribution in [-0.4, -0.2) is 89.8 Å². The van der Waals surface area contributed by atoms with Crippen LogP contribution in [0.1, 0.15) is 56.2 Å². The number of fused-ring (bicyclic) bond motifs is 1. The number of carboxylic acid groups (broad SMARTS) is 1. The summed E-state index contributed by atoms with van der Waals surface area (Å²) in [4.78, 5) is 45.6. The Morgan fingerprint density at radius 1 is 1.08 bits per heavy atom. The van der Waals surface area contributed by atoms with E-state index in [1.54, 1.807) is 34.9 Å². The number of amides is 2. The molecule has 2 aliphatic rings. The second-order valence-corrected chi connectivity index (χ2v) is 14.0. The Kier molecular flexibility index (Phi) is 9.48. The first-order valence-electron chi connectivity index (χ1n) is 16.2. The van der Waals surface area contributed by atoms with E-state index in [0.29, 0.717) is 5.69 Å². The number of halogens is 4. The summed E-state index contributed by atoms with van der Waals surface area (Å²) in [5, 5.41) is 21.6. The molecule has 0 aliphatic carbocycles. The Bertz CT molecular complexity index is 1940. The molecule has 11 nitrogen and oxygen atoms in total. The van der Waals surface area contributed by atoms with Crippen molar-refractivity contribution in [2.45, 2.75) is 69.0 Å². The molecule has 2 aromatic heterocycles. The summed E-state index contributed by atoms with van der Waals surface area (Å²) in [6, 6.07) is 15.4. The number of benzene rings is 2. The SMILES string of the molecule is CC1(C)CN(C(=O)O)[C@H](c2ccc(-n3c(Cl)cc4c(=O)n(CC5(O)CCN(C(=O)CC(c6ccccc6)C(F)(F)F)CC5)cnc43)cc2)CO1. The lowest BCUT2D eigenvalue weighted by Gasteiger charge is -2.42. The van der Waals surface area contributed by atoms with Gasteiger partial charge in [-0.15, -0.1) is 0 Å². The lowest BCUT2D eigenvalue weighted by molar-refractivity contribution is -0.162. The molecule has 2 N–H and O–H groups in total. The quantitative estimate of drug-likeness (QED) is 0.249. The van der Waals surface area contributed by atoms with E-state index >= 15 is 0 Å². The van der Waals surface area contributed by atoms with Crippen molar-refractivity contribution < 1.29 is 37.7 Å². The molecule has 266 valence electrons. The maximum absolute atomic E-state index is 13.8. The minimum atomic E-state index is -4.60. The fourth-order valence-corrected chi connectivity index (χ4v) is 7.07. The lowest BCUT2D eigenvalue weighted by atomic mass is 9.89. The molecule has 15 heteroatoms. The third kappa shape index (κ3) is 7.23. The van der Waals surface area contributed by atoms with E-state index in [2.05, 4.69) is 4.98 Å². The Labute approximate surface area is 290 Å². The zero-order chi connectivity index (χ0) is 36.0. The van der Waals surface area contributed by atoms with Crippen molar-refractivity contribution in [1.82, 2.24) is 23.9 Å². The average Bonchev–Trinajstić information content (AvgIpc) is 3.41. The highest BCUT2D eigenvalue weighted by Gasteiger charge is 2.44. The number of hydrogen-bond donors (Lipinski definition) is 2. The summed E-state index contributed by atoms with van der Waals surface area (Å²) < 4.78 is 50.2. The molecule has 2 aromatic carbocycles. The number of rotatable bonds is 7. The van der Waals surface area contributed by atoms with E-state index in [-0.39, 0.29) is 67.4 Å². The van der Waals surface area contributed by atoms with Gasteiger partial charge in [0.2, 0.25) is 5.91 Å². The van der Waals surface area contributed by atoms with Crippen LogP contribution in [0.3, 0.4) is 0 Å². The van der Waals surface area contributed by atoms with Crippen LogP contribution in [0.2, 0.25) is 5.15 Å². The summed E-state index contributed by atoms with van der Waals surface area (Å²) in [5.74, 6) is -2.59. The number of aliphatic hydroxyl groups is 1. The molecule has 0 spiro atoms. The molecular formula is C35H37ClF3N5O6. The highest BCUT2D eigenvalue weighted by molar-refractivity contribution is 6.31. The zero-order valence-electron chi connectivity index (χ0n) is 27.4. The molecule has 4 heterocycles. The normalized spacial score (nSPS) is 19.8. The number of aromatic nitrogens is 3. The first kappa shape index (κ1) is 35.4. The summed E-state index contributed by atoms with van der Waals surface area (Å²) in [6.45, 7) is 4.01. The van der Waals surface area contributed by atoms with Gasteiger partial charge in [0.25, 0.3) is 5.56 Å². The smallest absolute Gasteiger partial charge is 0.407 e. The number of carbonyl (C=O) groups excluding carboxylic acids is 1. The van der Waals surface area contributed by atoms with Gasteiger partial charge in [0, 0.05) is 25.2 Å². The van der Waals surface area contributed by atoms with E-state index in [9.17, 15) is 37.8 Å². The largest absolute Gasteiger partial charge is 0.465 e. The maximum atomic E-state index is 13.8. The van der Waals surface area contributed by atoms with Crippen molar-refractivity contribution in [3.8, 4) is 5.69 Å².